The van der Waals surface area contributed by atoms with Gasteiger partial charge in [-0.25, -0.2) is 0 Å². The molecule has 2 rings (SSSR count). The SMILES string of the molecule is O=C(O)CC(O)Cn1nnc(-c2ccccc2)n1. The number of carbonyl (C=O) groups is 1. The van der Waals surface area contributed by atoms with Crippen molar-refractivity contribution in [1.82, 2.24) is 20.2 Å². The van der Waals surface area contributed by atoms with Gasteiger partial charge in [0.25, 0.3) is 0 Å². The number of hydrogen-bond acceptors (Lipinski definition) is 5. The summed E-state index contributed by atoms with van der Waals surface area (Å²) in [5.74, 6) is -0.621. The van der Waals surface area contributed by atoms with Gasteiger partial charge in [-0.3, -0.25) is 4.79 Å². The van der Waals surface area contributed by atoms with Gasteiger partial charge in [0.1, 0.15) is 0 Å². The Morgan fingerprint density at radius 3 is 2.72 bits per heavy atom. The van der Waals surface area contributed by atoms with E-state index in [9.17, 15) is 9.90 Å². The smallest absolute Gasteiger partial charge is 0.306 e. The molecule has 0 bridgehead atoms. The van der Waals surface area contributed by atoms with Gasteiger partial charge in [0, 0.05) is 5.56 Å². The van der Waals surface area contributed by atoms with Gasteiger partial charge in [-0.15, -0.1) is 10.2 Å². The number of carboxylic acid groups (broad SMARTS) is 1. The van der Waals surface area contributed by atoms with E-state index in [0.717, 1.165) is 5.56 Å². The third-order valence-corrected chi connectivity index (χ3v) is 2.27. The topological polar surface area (TPSA) is 101 Å². The second-order valence-corrected chi connectivity index (χ2v) is 3.79. The van der Waals surface area contributed by atoms with Crippen LogP contribution < -0.4 is 0 Å². The number of tetrazole rings is 1. The summed E-state index contributed by atoms with van der Waals surface area (Å²) >= 11 is 0. The molecule has 0 radical (unpaired) electrons. The van der Waals surface area contributed by atoms with Crippen molar-refractivity contribution in [2.75, 3.05) is 0 Å². The second-order valence-electron chi connectivity index (χ2n) is 3.79. The van der Waals surface area contributed by atoms with Crippen LogP contribution in [0.2, 0.25) is 0 Å². The van der Waals surface area contributed by atoms with Crippen LogP contribution in [0.5, 0.6) is 0 Å². The molecule has 0 aliphatic rings. The summed E-state index contributed by atoms with van der Waals surface area (Å²) in [6, 6.07) is 9.28. The van der Waals surface area contributed by atoms with Crippen LogP contribution >= 0.6 is 0 Å². The summed E-state index contributed by atoms with van der Waals surface area (Å²) in [5, 5.41) is 29.6. The molecule has 2 N–H and O–H groups in total. The summed E-state index contributed by atoms with van der Waals surface area (Å²) in [5.41, 5.74) is 0.816. The minimum atomic E-state index is -1.06. The third kappa shape index (κ3) is 3.11. The molecular formula is C11H12N4O3. The van der Waals surface area contributed by atoms with Crippen molar-refractivity contribution in [3.8, 4) is 11.4 Å². The highest BCUT2D eigenvalue weighted by Crippen LogP contribution is 2.11. The van der Waals surface area contributed by atoms with Gasteiger partial charge >= 0.3 is 5.97 Å². The highest BCUT2D eigenvalue weighted by atomic mass is 16.4. The Labute approximate surface area is 103 Å². The van der Waals surface area contributed by atoms with E-state index in [4.69, 9.17) is 5.11 Å². The molecule has 18 heavy (non-hydrogen) atoms. The highest BCUT2D eigenvalue weighted by molar-refractivity contribution is 5.67. The Balaban J connectivity index is 2.05. The van der Waals surface area contributed by atoms with Crippen molar-refractivity contribution in [3.63, 3.8) is 0 Å². The van der Waals surface area contributed by atoms with Crippen molar-refractivity contribution in [3.05, 3.63) is 30.3 Å². The average Bonchev–Trinajstić information content (AvgIpc) is 2.77. The molecule has 7 heteroatoms. The van der Waals surface area contributed by atoms with Crippen LogP contribution in [-0.2, 0) is 11.3 Å². The zero-order valence-corrected chi connectivity index (χ0v) is 9.47. The number of rotatable bonds is 5. The van der Waals surface area contributed by atoms with Crippen LogP contribution in [0.15, 0.2) is 30.3 Å². The van der Waals surface area contributed by atoms with Gasteiger partial charge in [0.15, 0.2) is 0 Å². The van der Waals surface area contributed by atoms with Gasteiger partial charge in [-0.2, -0.15) is 4.80 Å². The number of benzene rings is 1. The summed E-state index contributed by atoms with van der Waals surface area (Å²) in [4.78, 5) is 11.6. The predicted octanol–water partition coefficient (Wildman–Crippen LogP) is 0.176. The first kappa shape index (κ1) is 12.2. The van der Waals surface area contributed by atoms with Gasteiger partial charge in [0.2, 0.25) is 5.82 Å². The number of nitrogens with zero attached hydrogens (tertiary/aromatic N) is 4. The molecule has 1 atom stereocenters. The molecule has 7 nitrogen and oxygen atoms in total. The molecule has 0 aliphatic heterocycles. The summed E-state index contributed by atoms with van der Waals surface area (Å²) in [6.07, 6.45) is -1.37. The minimum Gasteiger partial charge on any atom is -0.481 e. The Bertz CT molecular complexity index is 526. The maximum Gasteiger partial charge on any atom is 0.306 e. The van der Waals surface area contributed by atoms with Crippen LogP contribution in [-0.4, -0.2) is 42.5 Å². The predicted molar refractivity (Wildman–Crippen MR) is 61.5 cm³/mol. The number of carboxylic acids is 1. The summed E-state index contributed by atoms with van der Waals surface area (Å²) in [7, 11) is 0. The van der Waals surface area contributed by atoms with E-state index < -0.39 is 12.1 Å². The molecule has 0 fully saturated rings. The lowest BCUT2D eigenvalue weighted by Gasteiger charge is -2.04. The van der Waals surface area contributed by atoms with Gasteiger partial charge in [-0.05, 0) is 5.21 Å². The number of aliphatic hydroxyl groups is 1. The first-order chi connectivity index (χ1) is 8.65. The third-order valence-electron chi connectivity index (χ3n) is 2.27. The number of aromatic nitrogens is 4. The Kier molecular flexibility index (Phi) is 3.63. The van der Waals surface area contributed by atoms with Crippen molar-refractivity contribution >= 4 is 5.97 Å². The average molecular weight is 248 g/mol. The van der Waals surface area contributed by atoms with Crippen molar-refractivity contribution in [1.29, 1.82) is 0 Å². The molecular weight excluding hydrogens is 236 g/mol. The molecule has 1 aromatic carbocycles. The largest absolute Gasteiger partial charge is 0.481 e. The molecule has 0 spiro atoms. The van der Waals surface area contributed by atoms with E-state index in [2.05, 4.69) is 15.4 Å². The highest BCUT2D eigenvalue weighted by Gasteiger charge is 2.13. The number of aliphatic hydroxyl groups excluding tert-OH is 1. The molecule has 94 valence electrons. The minimum absolute atomic E-state index is 0.00608. The van der Waals surface area contributed by atoms with Crippen LogP contribution in [0.1, 0.15) is 6.42 Å². The molecule has 2 aromatic rings. The lowest BCUT2D eigenvalue weighted by Crippen LogP contribution is -2.21. The van der Waals surface area contributed by atoms with E-state index in [-0.39, 0.29) is 13.0 Å². The first-order valence-electron chi connectivity index (χ1n) is 5.38. The van der Waals surface area contributed by atoms with Crippen LogP contribution in [0, 0.1) is 0 Å². The zero-order chi connectivity index (χ0) is 13.0. The molecule has 1 aromatic heterocycles. The molecule has 0 aliphatic carbocycles. The van der Waals surface area contributed by atoms with Crippen molar-refractivity contribution in [2.24, 2.45) is 0 Å². The fourth-order valence-electron chi connectivity index (χ4n) is 1.48. The molecule has 0 saturated heterocycles. The summed E-state index contributed by atoms with van der Waals surface area (Å²) in [6.45, 7) is 0.00608. The first-order valence-corrected chi connectivity index (χ1v) is 5.38. The zero-order valence-electron chi connectivity index (χ0n) is 9.47. The number of aliphatic carboxylic acids is 1. The maximum atomic E-state index is 10.4. The van der Waals surface area contributed by atoms with E-state index >= 15 is 0 Å². The van der Waals surface area contributed by atoms with E-state index in [0.29, 0.717) is 5.82 Å². The second kappa shape index (κ2) is 5.37. The maximum absolute atomic E-state index is 10.4. The van der Waals surface area contributed by atoms with Crippen LogP contribution in [0.25, 0.3) is 11.4 Å². The van der Waals surface area contributed by atoms with E-state index in [1.807, 2.05) is 30.3 Å². The van der Waals surface area contributed by atoms with Crippen LogP contribution in [0.3, 0.4) is 0 Å². The Morgan fingerprint density at radius 1 is 1.33 bits per heavy atom. The molecule has 1 heterocycles. The van der Waals surface area contributed by atoms with Crippen molar-refractivity contribution < 1.29 is 15.0 Å². The standard InChI is InChI=1S/C11H12N4O3/c16-9(6-10(17)18)7-15-13-11(12-14-15)8-4-2-1-3-5-8/h1-5,9,16H,6-7H2,(H,17,18). The fourth-order valence-corrected chi connectivity index (χ4v) is 1.48. The van der Waals surface area contributed by atoms with Crippen LogP contribution in [0.4, 0.5) is 0 Å². The van der Waals surface area contributed by atoms with Gasteiger partial charge in [-0.1, -0.05) is 30.3 Å². The molecule has 1 unspecified atom stereocenters. The monoisotopic (exact) mass is 248 g/mol. The normalized spacial score (nSPS) is 12.3. The lowest BCUT2D eigenvalue weighted by atomic mass is 10.2. The molecule has 0 amide bonds. The molecule has 0 saturated carbocycles. The lowest BCUT2D eigenvalue weighted by molar-refractivity contribution is -0.139. The Hall–Kier alpha value is -2.28. The quantitative estimate of drug-likeness (QED) is 0.782. The Morgan fingerprint density at radius 2 is 2.06 bits per heavy atom. The summed E-state index contributed by atoms with van der Waals surface area (Å²) < 4.78 is 0. The van der Waals surface area contributed by atoms with Crippen molar-refractivity contribution in [2.45, 2.75) is 19.1 Å². The van der Waals surface area contributed by atoms with E-state index in [1.54, 1.807) is 0 Å². The van der Waals surface area contributed by atoms with Gasteiger partial charge in [0.05, 0.1) is 19.1 Å². The fraction of sp³-hybridized carbons (Fsp3) is 0.273. The number of hydrogen-bond donors (Lipinski definition) is 2. The van der Waals surface area contributed by atoms with Gasteiger partial charge < -0.3 is 10.2 Å². The van der Waals surface area contributed by atoms with E-state index in [1.165, 1.54) is 4.80 Å².